The van der Waals surface area contributed by atoms with E-state index in [4.69, 9.17) is 5.11 Å². The monoisotopic (exact) mass is 260 g/mol. The Hall–Kier alpha value is -1.32. The van der Waals surface area contributed by atoms with E-state index in [1.165, 1.54) is 16.5 Å². The topological polar surface area (TPSA) is 37.2 Å². The van der Waals surface area contributed by atoms with Crippen molar-refractivity contribution in [2.45, 2.75) is 38.8 Å². The molecule has 3 nitrogen and oxygen atoms in total. The second kappa shape index (κ2) is 5.76. The molecule has 3 heteroatoms. The van der Waals surface area contributed by atoms with Crippen LogP contribution < -0.4 is 5.32 Å². The van der Waals surface area contributed by atoms with Gasteiger partial charge in [-0.1, -0.05) is 25.1 Å². The van der Waals surface area contributed by atoms with Crippen LogP contribution in [0.2, 0.25) is 0 Å². The first kappa shape index (κ1) is 14.1. The molecule has 2 N–H and O–H groups in total. The molecular weight excluding hydrogens is 236 g/mol. The van der Waals surface area contributed by atoms with Crippen LogP contribution >= 0.6 is 0 Å². The van der Waals surface area contributed by atoms with Gasteiger partial charge in [0.1, 0.15) is 0 Å². The van der Waals surface area contributed by atoms with E-state index in [-0.39, 0.29) is 12.1 Å². The van der Waals surface area contributed by atoms with Crippen LogP contribution in [0.1, 0.15) is 32.3 Å². The van der Waals surface area contributed by atoms with Crippen LogP contribution in [0.4, 0.5) is 0 Å². The number of para-hydroxylation sites is 1. The molecule has 0 fully saturated rings. The molecule has 1 aromatic heterocycles. The minimum atomic E-state index is 0.00565. The number of rotatable bonds is 6. The summed E-state index contributed by atoms with van der Waals surface area (Å²) in [5, 5.41) is 14.1. The van der Waals surface area contributed by atoms with Crippen LogP contribution in [0.25, 0.3) is 10.9 Å². The molecule has 1 heterocycles. The van der Waals surface area contributed by atoms with Crippen molar-refractivity contribution >= 4 is 10.9 Å². The third kappa shape index (κ3) is 2.99. The van der Waals surface area contributed by atoms with Gasteiger partial charge in [0.05, 0.1) is 0 Å². The van der Waals surface area contributed by atoms with Gasteiger partial charge in [-0.2, -0.15) is 0 Å². The SMILES string of the molecule is CCC(C)(CCO)NCc1cn(C)c2ccccc12. The lowest BCUT2D eigenvalue weighted by Gasteiger charge is -2.29. The van der Waals surface area contributed by atoms with Gasteiger partial charge in [-0.05, 0) is 31.4 Å². The van der Waals surface area contributed by atoms with E-state index in [0.717, 1.165) is 19.4 Å². The number of hydrogen-bond acceptors (Lipinski definition) is 2. The quantitative estimate of drug-likeness (QED) is 0.838. The minimum absolute atomic E-state index is 0.00565. The van der Waals surface area contributed by atoms with Gasteiger partial charge in [0.2, 0.25) is 0 Å². The maximum absolute atomic E-state index is 9.16. The molecule has 0 spiro atoms. The number of aryl methyl sites for hydroxylation is 1. The van der Waals surface area contributed by atoms with Gasteiger partial charge in [0.15, 0.2) is 0 Å². The lowest BCUT2D eigenvalue weighted by molar-refractivity contribution is 0.214. The third-order valence-corrected chi connectivity index (χ3v) is 4.13. The minimum Gasteiger partial charge on any atom is -0.396 e. The van der Waals surface area contributed by atoms with Crippen molar-refractivity contribution < 1.29 is 5.11 Å². The number of aromatic nitrogens is 1. The summed E-state index contributed by atoms with van der Waals surface area (Å²) in [6, 6.07) is 8.47. The predicted molar refractivity (Wildman–Crippen MR) is 80.2 cm³/mol. The zero-order chi connectivity index (χ0) is 13.9. The molecule has 19 heavy (non-hydrogen) atoms. The smallest absolute Gasteiger partial charge is 0.0481 e. The van der Waals surface area contributed by atoms with Gasteiger partial charge in [0.25, 0.3) is 0 Å². The van der Waals surface area contributed by atoms with Gasteiger partial charge in [-0.25, -0.2) is 0 Å². The summed E-state index contributed by atoms with van der Waals surface area (Å²) in [5.74, 6) is 0. The fraction of sp³-hybridized carbons (Fsp3) is 0.500. The third-order valence-electron chi connectivity index (χ3n) is 4.13. The Morgan fingerprint density at radius 1 is 1.32 bits per heavy atom. The van der Waals surface area contributed by atoms with Gasteiger partial charge in [-0.3, -0.25) is 0 Å². The van der Waals surface area contributed by atoms with Crippen molar-refractivity contribution in [3.63, 3.8) is 0 Å². The molecule has 104 valence electrons. The van der Waals surface area contributed by atoms with Crippen LogP contribution in [0.15, 0.2) is 30.5 Å². The largest absolute Gasteiger partial charge is 0.396 e. The summed E-state index contributed by atoms with van der Waals surface area (Å²) >= 11 is 0. The number of benzene rings is 1. The lowest BCUT2D eigenvalue weighted by atomic mass is 9.94. The van der Waals surface area contributed by atoms with Crippen LogP contribution in [-0.4, -0.2) is 21.8 Å². The maximum atomic E-state index is 9.16. The molecular formula is C16H24N2O. The molecule has 0 aliphatic heterocycles. The van der Waals surface area contributed by atoms with Gasteiger partial charge in [0, 0.05) is 42.8 Å². The second-order valence-corrected chi connectivity index (χ2v) is 5.52. The fourth-order valence-corrected chi connectivity index (χ4v) is 2.51. The molecule has 0 radical (unpaired) electrons. The zero-order valence-electron chi connectivity index (χ0n) is 12.1. The Balaban J connectivity index is 2.18. The van der Waals surface area contributed by atoms with E-state index < -0.39 is 0 Å². The summed E-state index contributed by atoms with van der Waals surface area (Å²) < 4.78 is 2.17. The van der Waals surface area contributed by atoms with Crippen molar-refractivity contribution in [1.29, 1.82) is 0 Å². The molecule has 1 atom stereocenters. The van der Waals surface area contributed by atoms with E-state index in [0.29, 0.717) is 0 Å². The van der Waals surface area contributed by atoms with Crippen molar-refractivity contribution in [3.8, 4) is 0 Å². The number of fused-ring (bicyclic) bond motifs is 1. The van der Waals surface area contributed by atoms with Crippen molar-refractivity contribution in [3.05, 3.63) is 36.0 Å². The molecule has 2 rings (SSSR count). The number of nitrogens with one attached hydrogen (secondary N) is 1. The highest BCUT2D eigenvalue weighted by atomic mass is 16.3. The Morgan fingerprint density at radius 2 is 2.05 bits per heavy atom. The Morgan fingerprint density at radius 3 is 2.74 bits per heavy atom. The number of hydrogen-bond donors (Lipinski definition) is 2. The van der Waals surface area contributed by atoms with Gasteiger partial charge >= 0.3 is 0 Å². The van der Waals surface area contributed by atoms with Crippen molar-refractivity contribution in [1.82, 2.24) is 9.88 Å². The fourth-order valence-electron chi connectivity index (χ4n) is 2.51. The van der Waals surface area contributed by atoms with Crippen LogP contribution in [-0.2, 0) is 13.6 Å². The van der Waals surface area contributed by atoms with E-state index in [1.807, 2.05) is 0 Å². The molecule has 2 aromatic rings. The molecule has 0 amide bonds. The number of aliphatic hydroxyl groups is 1. The maximum Gasteiger partial charge on any atom is 0.0481 e. The number of nitrogens with zero attached hydrogens (tertiary/aromatic N) is 1. The van der Waals surface area contributed by atoms with Gasteiger partial charge < -0.3 is 15.0 Å². The normalized spacial score (nSPS) is 14.7. The van der Waals surface area contributed by atoms with E-state index in [9.17, 15) is 0 Å². The average molecular weight is 260 g/mol. The van der Waals surface area contributed by atoms with E-state index >= 15 is 0 Å². The first-order valence-electron chi connectivity index (χ1n) is 6.98. The molecule has 1 aromatic carbocycles. The standard InChI is InChI=1S/C16H24N2O/c1-4-16(2,9-10-19)17-11-13-12-18(3)15-8-6-5-7-14(13)15/h5-8,12,17,19H,4,9-11H2,1-3H3. The van der Waals surface area contributed by atoms with E-state index in [1.54, 1.807) is 0 Å². The molecule has 0 aliphatic carbocycles. The van der Waals surface area contributed by atoms with E-state index in [2.05, 4.69) is 61.2 Å². The molecule has 0 saturated carbocycles. The summed E-state index contributed by atoms with van der Waals surface area (Å²) in [7, 11) is 2.08. The summed E-state index contributed by atoms with van der Waals surface area (Å²) in [5.41, 5.74) is 2.58. The van der Waals surface area contributed by atoms with Crippen LogP contribution in [0.3, 0.4) is 0 Å². The lowest BCUT2D eigenvalue weighted by Crippen LogP contribution is -2.42. The first-order valence-corrected chi connectivity index (χ1v) is 6.98. The average Bonchev–Trinajstić information content (AvgIpc) is 2.74. The molecule has 0 saturated heterocycles. The summed E-state index contributed by atoms with van der Waals surface area (Å²) in [6.07, 6.45) is 3.99. The summed E-state index contributed by atoms with van der Waals surface area (Å²) in [4.78, 5) is 0. The highest BCUT2D eigenvalue weighted by molar-refractivity contribution is 5.83. The van der Waals surface area contributed by atoms with Crippen molar-refractivity contribution in [2.24, 2.45) is 7.05 Å². The summed E-state index contributed by atoms with van der Waals surface area (Å²) in [6.45, 7) is 5.40. The van der Waals surface area contributed by atoms with Gasteiger partial charge in [-0.15, -0.1) is 0 Å². The Kier molecular flexibility index (Phi) is 4.27. The predicted octanol–water partition coefficient (Wildman–Crippen LogP) is 2.82. The molecule has 0 bridgehead atoms. The zero-order valence-corrected chi connectivity index (χ0v) is 12.1. The second-order valence-electron chi connectivity index (χ2n) is 5.52. The van der Waals surface area contributed by atoms with Crippen molar-refractivity contribution in [2.75, 3.05) is 6.61 Å². The molecule has 1 unspecified atom stereocenters. The van der Waals surface area contributed by atoms with Crippen LogP contribution in [0, 0.1) is 0 Å². The Labute approximate surface area is 115 Å². The highest BCUT2D eigenvalue weighted by Gasteiger charge is 2.20. The van der Waals surface area contributed by atoms with Crippen LogP contribution in [0.5, 0.6) is 0 Å². The Bertz CT molecular complexity index is 547. The number of aliphatic hydroxyl groups excluding tert-OH is 1. The molecule has 0 aliphatic rings. The first-order chi connectivity index (χ1) is 9.09. The highest BCUT2D eigenvalue weighted by Crippen LogP contribution is 2.22.